The van der Waals surface area contributed by atoms with E-state index < -0.39 is 0 Å². The van der Waals surface area contributed by atoms with Gasteiger partial charge in [-0.25, -0.2) is 0 Å². The molecule has 0 aromatic rings. The second-order valence-corrected chi connectivity index (χ2v) is 7.01. The molecular formula is C15H30N2O. The van der Waals surface area contributed by atoms with Crippen LogP contribution in [-0.2, 0) is 4.74 Å². The van der Waals surface area contributed by atoms with Gasteiger partial charge in [0.2, 0.25) is 0 Å². The van der Waals surface area contributed by atoms with Crippen LogP contribution in [0.2, 0.25) is 0 Å². The van der Waals surface area contributed by atoms with E-state index >= 15 is 0 Å². The van der Waals surface area contributed by atoms with Crippen molar-refractivity contribution in [1.29, 1.82) is 0 Å². The minimum Gasteiger partial charge on any atom is -0.378 e. The van der Waals surface area contributed by atoms with Gasteiger partial charge < -0.3 is 15.4 Å². The molecule has 2 aliphatic rings. The summed E-state index contributed by atoms with van der Waals surface area (Å²) in [6.07, 6.45) is 4.05. The molecule has 1 heterocycles. The van der Waals surface area contributed by atoms with Crippen LogP contribution in [0, 0.1) is 11.3 Å². The summed E-state index contributed by atoms with van der Waals surface area (Å²) in [7, 11) is 0. The van der Waals surface area contributed by atoms with Gasteiger partial charge in [0.05, 0.1) is 6.10 Å². The third-order valence-electron chi connectivity index (χ3n) is 5.25. The molecule has 1 aliphatic heterocycles. The predicted octanol–water partition coefficient (Wildman–Crippen LogP) is 2.25. The van der Waals surface area contributed by atoms with E-state index in [0.29, 0.717) is 6.10 Å². The fourth-order valence-corrected chi connectivity index (χ4v) is 3.60. The molecule has 106 valence electrons. The topological polar surface area (TPSA) is 38.5 Å². The van der Waals surface area contributed by atoms with Crippen molar-refractivity contribution in [2.24, 2.45) is 17.1 Å². The van der Waals surface area contributed by atoms with Crippen molar-refractivity contribution in [3.63, 3.8) is 0 Å². The second kappa shape index (κ2) is 5.10. The van der Waals surface area contributed by atoms with E-state index in [4.69, 9.17) is 10.5 Å². The average Bonchev–Trinajstić information content (AvgIpc) is 2.28. The molecule has 2 fully saturated rings. The van der Waals surface area contributed by atoms with E-state index in [1.54, 1.807) is 0 Å². The van der Waals surface area contributed by atoms with E-state index in [1.807, 2.05) is 0 Å². The van der Waals surface area contributed by atoms with Gasteiger partial charge in [-0.2, -0.15) is 0 Å². The van der Waals surface area contributed by atoms with Crippen molar-refractivity contribution in [2.75, 3.05) is 26.2 Å². The lowest BCUT2D eigenvalue weighted by atomic mass is 9.54. The lowest BCUT2D eigenvalue weighted by Crippen LogP contribution is -2.73. The molecule has 3 atom stereocenters. The molecule has 3 unspecified atom stereocenters. The first-order chi connectivity index (χ1) is 8.39. The molecule has 3 heteroatoms. The minimum absolute atomic E-state index is 0.0656. The van der Waals surface area contributed by atoms with Gasteiger partial charge in [0.15, 0.2) is 0 Å². The van der Waals surface area contributed by atoms with E-state index in [0.717, 1.165) is 25.5 Å². The van der Waals surface area contributed by atoms with Gasteiger partial charge >= 0.3 is 0 Å². The number of rotatable bonds is 4. The van der Waals surface area contributed by atoms with Crippen LogP contribution in [0.25, 0.3) is 0 Å². The van der Waals surface area contributed by atoms with Crippen molar-refractivity contribution >= 4 is 0 Å². The Labute approximate surface area is 112 Å². The van der Waals surface area contributed by atoms with Gasteiger partial charge in [0.1, 0.15) is 0 Å². The highest BCUT2D eigenvalue weighted by Crippen LogP contribution is 2.50. The van der Waals surface area contributed by atoms with Gasteiger partial charge in [0, 0.05) is 30.7 Å². The molecule has 2 rings (SSSR count). The van der Waals surface area contributed by atoms with E-state index in [9.17, 15) is 0 Å². The van der Waals surface area contributed by atoms with Gasteiger partial charge in [-0.1, -0.05) is 20.8 Å². The van der Waals surface area contributed by atoms with Crippen LogP contribution < -0.4 is 5.73 Å². The van der Waals surface area contributed by atoms with Crippen molar-refractivity contribution in [3.8, 4) is 0 Å². The van der Waals surface area contributed by atoms with Crippen molar-refractivity contribution in [3.05, 3.63) is 0 Å². The summed E-state index contributed by atoms with van der Waals surface area (Å²) in [5.41, 5.74) is 6.69. The molecule has 0 aromatic heterocycles. The van der Waals surface area contributed by atoms with Gasteiger partial charge in [-0.05, 0) is 38.6 Å². The molecule has 0 amide bonds. The minimum atomic E-state index is -0.0656. The molecule has 0 spiro atoms. The van der Waals surface area contributed by atoms with Crippen molar-refractivity contribution < 1.29 is 4.74 Å². The van der Waals surface area contributed by atoms with Crippen LogP contribution in [0.4, 0.5) is 0 Å². The molecule has 1 saturated heterocycles. The third kappa shape index (κ3) is 2.45. The summed E-state index contributed by atoms with van der Waals surface area (Å²) in [6, 6.07) is 0. The highest BCUT2D eigenvalue weighted by molar-refractivity contribution is 5.14. The standard InChI is InChI=1S/C15H30N2O/c1-5-18-13-9-15(16,14(13,3)4)11-17-8-6-7-12(2)10-17/h12-13H,5-11,16H2,1-4H3. The molecule has 1 saturated carbocycles. The monoisotopic (exact) mass is 254 g/mol. The molecular weight excluding hydrogens is 224 g/mol. The first kappa shape index (κ1) is 14.3. The number of hydrogen-bond donors (Lipinski definition) is 1. The molecule has 0 bridgehead atoms. The SMILES string of the molecule is CCOC1CC(N)(CN2CCCC(C)C2)C1(C)C. The Morgan fingerprint density at radius 3 is 2.67 bits per heavy atom. The maximum atomic E-state index is 6.66. The normalized spacial score (nSPS) is 40.5. The van der Waals surface area contributed by atoms with Crippen LogP contribution in [0.1, 0.15) is 47.0 Å². The molecule has 0 radical (unpaired) electrons. The summed E-state index contributed by atoms with van der Waals surface area (Å²) in [5, 5.41) is 0. The maximum Gasteiger partial charge on any atom is 0.0662 e. The fraction of sp³-hybridized carbons (Fsp3) is 1.00. The number of likely N-dealkylation sites (tertiary alicyclic amines) is 1. The molecule has 0 aromatic carbocycles. The third-order valence-corrected chi connectivity index (χ3v) is 5.25. The molecule has 3 nitrogen and oxygen atoms in total. The number of nitrogens with two attached hydrogens (primary N) is 1. The van der Waals surface area contributed by atoms with E-state index in [2.05, 4.69) is 32.6 Å². The van der Waals surface area contributed by atoms with Crippen LogP contribution in [0.3, 0.4) is 0 Å². The highest BCUT2D eigenvalue weighted by atomic mass is 16.5. The Bertz CT molecular complexity index is 292. The van der Waals surface area contributed by atoms with Crippen molar-refractivity contribution in [2.45, 2.75) is 58.6 Å². The summed E-state index contributed by atoms with van der Waals surface area (Å²) >= 11 is 0. The zero-order valence-corrected chi connectivity index (χ0v) is 12.5. The Morgan fingerprint density at radius 1 is 1.39 bits per heavy atom. The summed E-state index contributed by atoms with van der Waals surface area (Å²) in [5.74, 6) is 0.827. The van der Waals surface area contributed by atoms with E-state index in [1.165, 1.54) is 25.9 Å². The fourth-order valence-electron chi connectivity index (χ4n) is 3.60. The largest absolute Gasteiger partial charge is 0.378 e. The summed E-state index contributed by atoms with van der Waals surface area (Å²) in [4.78, 5) is 2.57. The zero-order valence-electron chi connectivity index (χ0n) is 12.5. The summed E-state index contributed by atoms with van der Waals surface area (Å²) < 4.78 is 5.80. The Morgan fingerprint density at radius 2 is 2.11 bits per heavy atom. The Kier molecular flexibility index (Phi) is 4.05. The molecule has 18 heavy (non-hydrogen) atoms. The van der Waals surface area contributed by atoms with Crippen LogP contribution in [0.15, 0.2) is 0 Å². The lowest BCUT2D eigenvalue weighted by Gasteiger charge is -2.60. The van der Waals surface area contributed by atoms with Crippen LogP contribution >= 0.6 is 0 Å². The molecule has 2 N–H and O–H groups in total. The van der Waals surface area contributed by atoms with E-state index in [-0.39, 0.29) is 11.0 Å². The zero-order chi connectivity index (χ0) is 13.4. The maximum absolute atomic E-state index is 6.66. The Balaban J connectivity index is 1.93. The number of nitrogens with zero attached hydrogens (tertiary/aromatic N) is 1. The first-order valence-electron chi connectivity index (χ1n) is 7.52. The second-order valence-electron chi connectivity index (χ2n) is 7.01. The average molecular weight is 254 g/mol. The van der Waals surface area contributed by atoms with Crippen molar-refractivity contribution in [1.82, 2.24) is 4.90 Å². The predicted molar refractivity (Wildman–Crippen MR) is 75.6 cm³/mol. The Hall–Kier alpha value is -0.120. The quantitative estimate of drug-likeness (QED) is 0.836. The van der Waals surface area contributed by atoms with Gasteiger partial charge in [-0.3, -0.25) is 0 Å². The lowest BCUT2D eigenvalue weighted by molar-refractivity contribution is -0.157. The molecule has 1 aliphatic carbocycles. The first-order valence-corrected chi connectivity index (χ1v) is 7.52. The van der Waals surface area contributed by atoms with Crippen LogP contribution in [-0.4, -0.2) is 42.8 Å². The number of piperidine rings is 1. The number of hydrogen-bond acceptors (Lipinski definition) is 3. The van der Waals surface area contributed by atoms with Crippen LogP contribution in [0.5, 0.6) is 0 Å². The number of ether oxygens (including phenoxy) is 1. The summed E-state index contributed by atoms with van der Waals surface area (Å²) in [6.45, 7) is 13.2. The smallest absolute Gasteiger partial charge is 0.0662 e. The van der Waals surface area contributed by atoms with Gasteiger partial charge in [0.25, 0.3) is 0 Å². The highest BCUT2D eigenvalue weighted by Gasteiger charge is 2.58. The van der Waals surface area contributed by atoms with Gasteiger partial charge in [-0.15, -0.1) is 0 Å².